The Morgan fingerprint density at radius 3 is 2.73 bits per heavy atom. The molecular formula is C7H4BrF3N2O2. The van der Waals surface area contributed by atoms with Crippen LogP contribution in [0.2, 0.25) is 0 Å². The molecule has 1 aromatic rings. The molecule has 1 N–H and O–H groups in total. The molecule has 0 fully saturated rings. The highest BCUT2D eigenvalue weighted by atomic mass is 79.9. The van der Waals surface area contributed by atoms with Crippen LogP contribution in [-0.2, 0) is 0 Å². The predicted molar refractivity (Wildman–Crippen MR) is 48.9 cm³/mol. The third-order valence-electron chi connectivity index (χ3n) is 1.22. The van der Waals surface area contributed by atoms with Crippen LogP contribution in [0.5, 0.6) is 5.88 Å². The molecule has 0 saturated heterocycles. The minimum Gasteiger partial charge on any atom is -0.386 e. The van der Waals surface area contributed by atoms with E-state index in [-0.39, 0.29) is 5.69 Å². The number of ether oxygens (including phenoxy) is 1. The van der Waals surface area contributed by atoms with Crippen molar-refractivity contribution < 1.29 is 22.7 Å². The Morgan fingerprint density at radius 1 is 1.53 bits per heavy atom. The molecule has 0 aromatic carbocycles. The van der Waals surface area contributed by atoms with Gasteiger partial charge in [-0.2, -0.15) is 0 Å². The summed E-state index contributed by atoms with van der Waals surface area (Å²) in [6.45, 7) is 0. The van der Waals surface area contributed by atoms with Crippen molar-refractivity contribution in [1.82, 2.24) is 4.98 Å². The largest absolute Gasteiger partial charge is 0.574 e. The lowest BCUT2D eigenvalue weighted by Crippen LogP contribution is -2.19. The molecule has 82 valence electrons. The van der Waals surface area contributed by atoms with Gasteiger partial charge in [0.05, 0.1) is 0 Å². The Kier molecular flexibility index (Phi) is 3.51. The van der Waals surface area contributed by atoms with Crippen LogP contribution in [0.3, 0.4) is 0 Å². The molecule has 0 spiro atoms. The Labute approximate surface area is 90.6 Å². The van der Waals surface area contributed by atoms with Gasteiger partial charge < -0.3 is 10.1 Å². The van der Waals surface area contributed by atoms with Crippen molar-refractivity contribution in [2.75, 3.05) is 5.32 Å². The van der Waals surface area contributed by atoms with Crippen molar-refractivity contribution in [3.05, 3.63) is 18.3 Å². The third-order valence-corrected chi connectivity index (χ3v) is 1.41. The van der Waals surface area contributed by atoms with Gasteiger partial charge in [-0.25, -0.2) is 4.98 Å². The van der Waals surface area contributed by atoms with Crippen LogP contribution in [0.1, 0.15) is 0 Å². The second-order valence-electron chi connectivity index (χ2n) is 2.30. The van der Waals surface area contributed by atoms with Crippen molar-refractivity contribution >= 4 is 26.4 Å². The van der Waals surface area contributed by atoms with E-state index in [0.717, 1.165) is 6.20 Å². The average molecular weight is 285 g/mol. The van der Waals surface area contributed by atoms with Crippen LogP contribution in [0, 0.1) is 0 Å². The average Bonchev–Trinajstić information content (AvgIpc) is 2.05. The SMILES string of the molecule is O=C(Br)Nc1cccnc1OC(F)(F)F. The van der Waals surface area contributed by atoms with Crippen LogP contribution < -0.4 is 10.1 Å². The number of carbonyl (C=O) groups is 1. The van der Waals surface area contributed by atoms with Gasteiger partial charge in [0, 0.05) is 22.1 Å². The number of amides is 1. The van der Waals surface area contributed by atoms with Gasteiger partial charge in [-0.1, -0.05) is 0 Å². The van der Waals surface area contributed by atoms with Crippen LogP contribution in [0.25, 0.3) is 0 Å². The zero-order chi connectivity index (χ0) is 11.5. The fraction of sp³-hybridized carbons (Fsp3) is 0.143. The number of hydrogen-bond acceptors (Lipinski definition) is 3. The molecule has 0 unspecified atom stereocenters. The first-order valence-corrected chi connectivity index (χ1v) is 4.35. The number of hydrogen-bond donors (Lipinski definition) is 1. The number of nitrogens with zero attached hydrogens (tertiary/aromatic N) is 1. The van der Waals surface area contributed by atoms with Gasteiger partial charge in [0.15, 0.2) is 0 Å². The zero-order valence-corrected chi connectivity index (χ0v) is 8.59. The summed E-state index contributed by atoms with van der Waals surface area (Å²) in [5.41, 5.74) is -0.170. The van der Waals surface area contributed by atoms with E-state index in [4.69, 9.17) is 0 Å². The second kappa shape index (κ2) is 4.47. The highest BCUT2D eigenvalue weighted by Gasteiger charge is 2.33. The van der Waals surface area contributed by atoms with E-state index in [9.17, 15) is 18.0 Å². The van der Waals surface area contributed by atoms with Crippen LogP contribution in [0.4, 0.5) is 23.7 Å². The molecule has 1 aromatic heterocycles. The smallest absolute Gasteiger partial charge is 0.386 e. The number of pyridine rings is 1. The van der Waals surface area contributed by atoms with Crippen molar-refractivity contribution in [3.63, 3.8) is 0 Å². The van der Waals surface area contributed by atoms with Gasteiger partial charge in [0.25, 0.3) is 4.82 Å². The van der Waals surface area contributed by atoms with Crippen molar-refractivity contribution in [2.45, 2.75) is 6.36 Å². The normalized spacial score (nSPS) is 10.9. The molecule has 1 heterocycles. The predicted octanol–water partition coefficient (Wildman–Crippen LogP) is 2.91. The molecule has 15 heavy (non-hydrogen) atoms. The van der Waals surface area contributed by atoms with E-state index in [1.54, 1.807) is 0 Å². The Hall–Kier alpha value is -1.31. The van der Waals surface area contributed by atoms with E-state index < -0.39 is 17.1 Å². The van der Waals surface area contributed by atoms with Gasteiger partial charge in [-0.3, -0.25) is 4.79 Å². The number of nitrogens with one attached hydrogen (secondary N) is 1. The molecule has 0 aliphatic heterocycles. The van der Waals surface area contributed by atoms with Gasteiger partial charge in [0.1, 0.15) is 5.69 Å². The second-order valence-corrected chi connectivity index (χ2v) is 3.02. The standard InChI is InChI=1S/C7H4BrF3N2O2/c8-6(14)13-4-2-1-3-12-5(4)15-7(9,10)11/h1-3H,(H,13,14). The van der Waals surface area contributed by atoms with Crippen LogP contribution in [0.15, 0.2) is 18.3 Å². The van der Waals surface area contributed by atoms with Crippen molar-refractivity contribution in [2.24, 2.45) is 0 Å². The molecule has 0 atom stereocenters. The Bertz CT molecular complexity index is 369. The monoisotopic (exact) mass is 284 g/mol. The summed E-state index contributed by atoms with van der Waals surface area (Å²) in [6, 6.07) is 2.59. The molecule has 0 aliphatic rings. The van der Waals surface area contributed by atoms with Crippen LogP contribution in [-0.4, -0.2) is 16.2 Å². The maximum absolute atomic E-state index is 11.9. The van der Waals surface area contributed by atoms with E-state index >= 15 is 0 Å². The van der Waals surface area contributed by atoms with Gasteiger partial charge in [0.2, 0.25) is 5.88 Å². The van der Waals surface area contributed by atoms with Crippen molar-refractivity contribution in [3.8, 4) is 5.88 Å². The van der Waals surface area contributed by atoms with Gasteiger partial charge in [-0.15, -0.1) is 13.2 Å². The third kappa shape index (κ3) is 4.15. The van der Waals surface area contributed by atoms with E-state index in [1.807, 2.05) is 0 Å². The first-order chi connectivity index (χ1) is 6.88. The fourth-order valence-electron chi connectivity index (χ4n) is 0.783. The number of rotatable bonds is 2. The number of halogens is 4. The summed E-state index contributed by atoms with van der Waals surface area (Å²) < 4.78 is 39.2. The fourth-order valence-corrected chi connectivity index (χ4v) is 0.996. The summed E-state index contributed by atoms with van der Waals surface area (Å²) in [7, 11) is 0. The lowest BCUT2D eigenvalue weighted by atomic mass is 10.4. The first-order valence-electron chi connectivity index (χ1n) is 3.56. The molecule has 4 nitrogen and oxygen atoms in total. The lowest BCUT2D eigenvalue weighted by Gasteiger charge is -2.11. The number of anilines is 1. The van der Waals surface area contributed by atoms with Crippen molar-refractivity contribution in [1.29, 1.82) is 0 Å². The lowest BCUT2D eigenvalue weighted by molar-refractivity contribution is -0.275. The Balaban J connectivity index is 2.91. The maximum Gasteiger partial charge on any atom is 0.574 e. The summed E-state index contributed by atoms with van der Waals surface area (Å²) in [4.78, 5) is 13.2. The zero-order valence-electron chi connectivity index (χ0n) is 7.01. The quantitative estimate of drug-likeness (QED) is 0.671. The summed E-state index contributed by atoms with van der Waals surface area (Å²) in [6.07, 6.45) is -3.73. The van der Waals surface area contributed by atoms with Gasteiger partial charge in [-0.05, 0) is 12.1 Å². The first kappa shape index (κ1) is 11.8. The Morgan fingerprint density at radius 2 is 2.20 bits per heavy atom. The molecule has 0 radical (unpaired) electrons. The molecule has 1 amide bonds. The van der Waals surface area contributed by atoms with E-state index in [2.05, 4.69) is 31.0 Å². The molecular weight excluding hydrogens is 281 g/mol. The summed E-state index contributed by atoms with van der Waals surface area (Å²) in [5.74, 6) is -0.710. The minimum atomic E-state index is -4.85. The van der Waals surface area contributed by atoms with E-state index in [0.29, 0.717) is 0 Å². The molecule has 1 rings (SSSR count). The number of carbonyl (C=O) groups excluding carboxylic acids is 1. The molecule has 0 aliphatic carbocycles. The number of aromatic nitrogens is 1. The molecule has 8 heteroatoms. The summed E-state index contributed by atoms with van der Waals surface area (Å²) >= 11 is 2.51. The molecule has 0 saturated carbocycles. The minimum absolute atomic E-state index is 0.170. The highest BCUT2D eigenvalue weighted by molar-refractivity contribution is 9.18. The summed E-state index contributed by atoms with van der Waals surface area (Å²) in [5, 5.41) is 2.09. The van der Waals surface area contributed by atoms with Gasteiger partial charge >= 0.3 is 6.36 Å². The number of alkyl halides is 3. The topological polar surface area (TPSA) is 51.2 Å². The highest BCUT2D eigenvalue weighted by Crippen LogP contribution is 2.27. The molecule has 0 bridgehead atoms. The van der Waals surface area contributed by atoms with Crippen LogP contribution >= 0.6 is 15.9 Å². The maximum atomic E-state index is 11.9. The van der Waals surface area contributed by atoms with E-state index in [1.165, 1.54) is 12.1 Å².